The SMILES string of the molecule is c1ccn(Cc2ccn(C3CCCCC3)n2)c1. The molecule has 1 fully saturated rings. The molecule has 3 heteroatoms. The summed E-state index contributed by atoms with van der Waals surface area (Å²) in [6.07, 6.45) is 13.0. The van der Waals surface area contributed by atoms with E-state index < -0.39 is 0 Å². The van der Waals surface area contributed by atoms with Crippen LogP contribution in [0.1, 0.15) is 43.8 Å². The number of aromatic nitrogens is 3. The molecule has 17 heavy (non-hydrogen) atoms. The number of hydrogen-bond acceptors (Lipinski definition) is 1. The Morgan fingerprint density at radius 1 is 1.06 bits per heavy atom. The fraction of sp³-hybridized carbons (Fsp3) is 0.500. The molecule has 2 aromatic heterocycles. The number of nitrogens with zero attached hydrogens (tertiary/aromatic N) is 3. The molecule has 0 spiro atoms. The molecule has 1 saturated carbocycles. The van der Waals surface area contributed by atoms with Crippen LogP contribution in [0.5, 0.6) is 0 Å². The smallest absolute Gasteiger partial charge is 0.0821 e. The van der Waals surface area contributed by atoms with Gasteiger partial charge in [-0.2, -0.15) is 5.10 Å². The Labute approximate surface area is 102 Å². The summed E-state index contributed by atoms with van der Waals surface area (Å²) in [5.74, 6) is 0. The largest absolute Gasteiger partial charge is 0.348 e. The Kier molecular flexibility index (Phi) is 2.99. The topological polar surface area (TPSA) is 22.8 Å². The highest BCUT2D eigenvalue weighted by molar-refractivity contribution is 5.03. The molecule has 0 aromatic carbocycles. The van der Waals surface area contributed by atoms with Gasteiger partial charge in [-0.15, -0.1) is 0 Å². The summed E-state index contributed by atoms with van der Waals surface area (Å²) in [6, 6.07) is 6.90. The molecule has 0 unspecified atom stereocenters. The van der Waals surface area contributed by atoms with E-state index in [0.29, 0.717) is 6.04 Å². The molecule has 0 saturated heterocycles. The van der Waals surface area contributed by atoms with Crippen LogP contribution in [0.15, 0.2) is 36.8 Å². The van der Waals surface area contributed by atoms with Crippen molar-refractivity contribution in [1.82, 2.24) is 14.3 Å². The van der Waals surface area contributed by atoms with E-state index in [1.54, 1.807) is 0 Å². The second-order valence-corrected chi connectivity index (χ2v) is 4.93. The van der Waals surface area contributed by atoms with E-state index in [2.05, 4.69) is 46.0 Å². The minimum atomic E-state index is 0.641. The maximum atomic E-state index is 4.70. The van der Waals surface area contributed by atoms with Crippen LogP contribution in [-0.2, 0) is 6.54 Å². The van der Waals surface area contributed by atoms with E-state index >= 15 is 0 Å². The van der Waals surface area contributed by atoms with Gasteiger partial charge in [0, 0.05) is 18.6 Å². The maximum Gasteiger partial charge on any atom is 0.0821 e. The standard InChI is InChI=1S/C14H19N3/c1-2-6-14(7-3-1)17-11-8-13(15-17)12-16-9-4-5-10-16/h4-5,8-11,14H,1-3,6-7,12H2. The predicted octanol–water partition coefficient (Wildman–Crippen LogP) is 3.24. The van der Waals surface area contributed by atoms with Crippen molar-refractivity contribution in [2.24, 2.45) is 0 Å². The van der Waals surface area contributed by atoms with Gasteiger partial charge >= 0.3 is 0 Å². The van der Waals surface area contributed by atoms with E-state index in [1.165, 1.54) is 32.1 Å². The Morgan fingerprint density at radius 2 is 1.82 bits per heavy atom. The molecule has 0 aliphatic heterocycles. The van der Waals surface area contributed by atoms with Gasteiger partial charge in [-0.05, 0) is 31.0 Å². The van der Waals surface area contributed by atoms with E-state index in [0.717, 1.165) is 12.2 Å². The average molecular weight is 229 g/mol. The molecule has 90 valence electrons. The first kappa shape index (κ1) is 10.6. The van der Waals surface area contributed by atoms with Crippen LogP contribution < -0.4 is 0 Å². The Bertz CT molecular complexity index is 450. The zero-order valence-electron chi connectivity index (χ0n) is 10.1. The summed E-state index contributed by atoms with van der Waals surface area (Å²) in [6.45, 7) is 0.882. The van der Waals surface area contributed by atoms with Gasteiger partial charge in [0.2, 0.25) is 0 Å². The van der Waals surface area contributed by atoms with Crippen LogP contribution in [0, 0.1) is 0 Å². The summed E-state index contributed by atoms with van der Waals surface area (Å²) in [4.78, 5) is 0. The lowest BCUT2D eigenvalue weighted by Crippen LogP contribution is -2.13. The molecule has 3 rings (SSSR count). The van der Waals surface area contributed by atoms with Gasteiger partial charge in [0.25, 0.3) is 0 Å². The predicted molar refractivity (Wildman–Crippen MR) is 67.9 cm³/mol. The molecule has 2 heterocycles. The normalized spacial score (nSPS) is 17.4. The number of hydrogen-bond donors (Lipinski definition) is 0. The summed E-state index contributed by atoms with van der Waals surface area (Å²) in [5.41, 5.74) is 1.16. The van der Waals surface area contributed by atoms with Crippen molar-refractivity contribution >= 4 is 0 Å². The van der Waals surface area contributed by atoms with Crippen molar-refractivity contribution in [2.75, 3.05) is 0 Å². The second kappa shape index (κ2) is 4.78. The lowest BCUT2D eigenvalue weighted by molar-refractivity contribution is 0.328. The molecule has 0 bridgehead atoms. The highest BCUT2D eigenvalue weighted by Gasteiger charge is 2.15. The molecule has 3 nitrogen and oxygen atoms in total. The third-order valence-corrected chi connectivity index (χ3v) is 3.62. The average Bonchev–Trinajstić information content (AvgIpc) is 3.02. The Morgan fingerprint density at radius 3 is 2.59 bits per heavy atom. The monoisotopic (exact) mass is 229 g/mol. The van der Waals surface area contributed by atoms with E-state index in [-0.39, 0.29) is 0 Å². The molecule has 1 aliphatic rings. The summed E-state index contributed by atoms with van der Waals surface area (Å²) in [7, 11) is 0. The molecular weight excluding hydrogens is 210 g/mol. The third kappa shape index (κ3) is 2.43. The lowest BCUT2D eigenvalue weighted by atomic mass is 9.96. The first-order valence-corrected chi connectivity index (χ1v) is 6.56. The molecule has 1 aliphatic carbocycles. The number of rotatable bonds is 3. The summed E-state index contributed by atoms with van der Waals surface area (Å²) < 4.78 is 4.34. The van der Waals surface area contributed by atoms with Crippen molar-refractivity contribution in [3.8, 4) is 0 Å². The highest BCUT2D eigenvalue weighted by atomic mass is 15.3. The van der Waals surface area contributed by atoms with E-state index in [9.17, 15) is 0 Å². The van der Waals surface area contributed by atoms with Gasteiger partial charge in [0.1, 0.15) is 0 Å². The summed E-state index contributed by atoms with van der Waals surface area (Å²) >= 11 is 0. The second-order valence-electron chi connectivity index (χ2n) is 4.93. The quantitative estimate of drug-likeness (QED) is 0.792. The van der Waals surface area contributed by atoms with Crippen LogP contribution in [0.2, 0.25) is 0 Å². The van der Waals surface area contributed by atoms with E-state index in [1.807, 2.05) is 0 Å². The van der Waals surface area contributed by atoms with Gasteiger partial charge in [0.15, 0.2) is 0 Å². The van der Waals surface area contributed by atoms with Gasteiger partial charge in [-0.1, -0.05) is 19.3 Å². The maximum absolute atomic E-state index is 4.70. The van der Waals surface area contributed by atoms with Crippen molar-refractivity contribution in [2.45, 2.75) is 44.7 Å². The van der Waals surface area contributed by atoms with E-state index in [4.69, 9.17) is 5.10 Å². The first-order valence-electron chi connectivity index (χ1n) is 6.56. The molecule has 0 radical (unpaired) electrons. The Hall–Kier alpha value is -1.51. The minimum absolute atomic E-state index is 0.641. The van der Waals surface area contributed by atoms with Gasteiger partial charge in [-0.25, -0.2) is 0 Å². The molecule has 0 N–H and O–H groups in total. The van der Waals surface area contributed by atoms with Crippen LogP contribution in [0.4, 0.5) is 0 Å². The summed E-state index contributed by atoms with van der Waals surface area (Å²) in [5, 5.41) is 4.70. The fourth-order valence-corrected chi connectivity index (χ4v) is 2.67. The van der Waals surface area contributed by atoms with Crippen molar-refractivity contribution in [3.63, 3.8) is 0 Å². The van der Waals surface area contributed by atoms with Gasteiger partial charge in [-0.3, -0.25) is 4.68 Å². The third-order valence-electron chi connectivity index (χ3n) is 3.62. The zero-order chi connectivity index (χ0) is 11.5. The minimum Gasteiger partial charge on any atom is -0.348 e. The highest BCUT2D eigenvalue weighted by Crippen LogP contribution is 2.27. The fourth-order valence-electron chi connectivity index (χ4n) is 2.67. The first-order chi connectivity index (χ1) is 8.42. The zero-order valence-corrected chi connectivity index (χ0v) is 10.1. The van der Waals surface area contributed by atoms with Crippen LogP contribution in [0.25, 0.3) is 0 Å². The lowest BCUT2D eigenvalue weighted by Gasteiger charge is -2.21. The Balaban J connectivity index is 1.69. The van der Waals surface area contributed by atoms with Gasteiger partial charge < -0.3 is 4.57 Å². The van der Waals surface area contributed by atoms with Gasteiger partial charge in [0.05, 0.1) is 18.3 Å². The van der Waals surface area contributed by atoms with Crippen LogP contribution in [-0.4, -0.2) is 14.3 Å². The molecule has 0 amide bonds. The molecule has 0 atom stereocenters. The van der Waals surface area contributed by atoms with Crippen LogP contribution >= 0.6 is 0 Å². The van der Waals surface area contributed by atoms with Crippen molar-refractivity contribution in [1.29, 1.82) is 0 Å². The van der Waals surface area contributed by atoms with Crippen LogP contribution in [0.3, 0.4) is 0 Å². The van der Waals surface area contributed by atoms with Crippen molar-refractivity contribution in [3.05, 3.63) is 42.5 Å². The molecular formula is C14H19N3. The van der Waals surface area contributed by atoms with Crippen molar-refractivity contribution < 1.29 is 0 Å². The molecule has 2 aromatic rings.